The topological polar surface area (TPSA) is 86.2 Å². The Morgan fingerprint density at radius 2 is 1.14 bits per heavy atom. The molecule has 7 heavy (non-hydrogen) atoms. The zero-order valence-electron chi connectivity index (χ0n) is 2.85. The molecule has 0 rings (SSSR count). The summed E-state index contributed by atoms with van der Waals surface area (Å²) in [6.07, 6.45) is 0. The molecule has 0 aliphatic carbocycles. The molecule has 1 radical (unpaired) electrons. The van der Waals surface area contributed by atoms with Gasteiger partial charge in [0.2, 0.25) is 0 Å². The van der Waals surface area contributed by atoms with Gasteiger partial charge in [-0.2, -0.15) is 7.82 Å². The molecular formula is NdO4PYb. The second kappa shape index (κ2) is 7.09. The average Bonchev–Trinajstić information content (AvgIpc) is 0.722. The Morgan fingerprint density at radius 1 is 1.14 bits per heavy atom. The Kier molecular flexibility index (Phi) is 16.7. The second-order valence-electron chi connectivity index (χ2n) is 0.447. The summed E-state index contributed by atoms with van der Waals surface area (Å²) in [5.74, 6) is 0. The number of rotatable bonds is 0. The van der Waals surface area contributed by atoms with Gasteiger partial charge in [0.15, 0.2) is 0 Å². The third-order valence-corrected chi connectivity index (χ3v) is 0. The van der Waals surface area contributed by atoms with E-state index in [9.17, 15) is 0 Å². The minimum atomic E-state index is -5.39. The smallest absolute Gasteiger partial charge is 0.822 e. The van der Waals surface area contributed by atoms with Crippen LogP contribution in [0.25, 0.3) is 0 Å². The van der Waals surface area contributed by atoms with Crippen LogP contribution in [0.1, 0.15) is 0 Å². The molecule has 0 atom stereocenters. The van der Waals surface area contributed by atoms with E-state index in [0.717, 1.165) is 0 Å². The molecule has 0 aromatic heterocycles. The molecule has 0 spiro atoms. The van der Waals surface area contributed by atoms with Gasteiger partial charge in [-0.3, -0.25) is 0 Å². The maximum absolute atomic E-state index is 8.55. The largest absolute Gasteiger partial charge is 3.00 e. The summed E-state index contributed by atoms with van der Waals surface area (Å²) < 4.78 is 8.55. The first kappa shape index (κ1) is 16.5. The molecule has 0 heterocycles. The molecule has 0 fully saturated rings. The first-order valence-electron chi connectivity index (χ1n) is 0.730. The van der Waals surface area contributed by atoms with Crippen molar-refractivity contribution in [3.8, 4) is 0 Å². The molecule has 0 aliphatic heterocycles. The molecule has 0 aromatic rings. The fraction of sp³-hybridized carbons (Fsp3) is 0. The number of hydrogen-bond acceptors (Lipinski definition) is 4. The third-order valence-electron chi connectivity index (χ3n) is 0. The van der Waals surface area contributed by atoms with Gasteiger partial charge in [0.1, 0.15) is 0 Å². The Balaban J connectivity index is -0.0000000800. The van der Waals surface area contributed by atoms with Crippen LogP contribution < -0.4 is 14.7 Å². The fourth-order valence-corrected chi connectivity index (χ4v) is 0. The van der Waals surface area contributed by atoms with Crippen molar-refractivity contribution in [2.45, 2.75) is 0 Å². The van der Waals surface area contributed by atoms with Crippen LogP contribution in [0, 0.1) is 87.8 Å². The fourth-order valence-electron chi connectivity index (χ4n) is 0. The van der Waals surface area contributed by atoms with Crippen molar-refractivity contribution in [3.63, 3.8) is 0 Å². The molecule has 0 saturated carbocycles. The summed E-state index contributed by atoms with van der Waals surface area (Å²) in [7, 11) is -5.39. The quantitative estimate of drug-likeness (QED) is 0.402. The normalized spacial score (nSPS) is 8.43. The summed E-state index contributed by atoms with van der Waals surface area (Å²) in [6, 6.07) is 0. The molecule has 0 aliphatic rings. The molecule has 0 aromatic carbocycles. The van der Waals surface area contributed by atoms with Gasteiger partial charge in [0, 0.05) is 46.9 Å². The monoisotopic (exact) mass is 411 g/mol. The Bertz CT molecular complexity index is 57.8. The van der Waals surface area contributed by atoms with Gasteiger partial charge >= 0.3 is 40.8 Å². The first-order chi connectivity index (χ1) is 2.00. The van der Waals surface area contributed by atoms with Crippen molar-refractivity contribution in [1.82, 2.24) is 0 Å². The van der Waals surface area contributed by atoms with E-state index in [-0.39, 0.29) is 87.8 Å². The molecular weight excluding hydrogens is 412 g/mol. The van der Waals surface area contributed by atoms with Crippen molar-refractivity contribution in [2.75, 3.05) is 0 Å². The molecule has 4 nitrogen and oxygen atoms in total. The van der Waals surface area contributed by atoms with E-state index < -0.39 is 7.82 Å². The first-order valence-corrected chi connectivity index (χ1v) is 2.19. The molecule has 0 N–H and O–H groups in total. The Hall–Kier alpha value is 2.98. The van der Waals surface area contributed by atoms with E-state index in [4.69, 9.17) is 19.2 Å². The maximum atomic E-state index is 8.55. The van der Waals surface area contributed by atoms with Gasteiger partial charge in [-0.15, -0.1) is 0 Å². The van der Waals surface area contributed by atoms with Crippen LogP contribution in [0.5, 0.6) is 0 Å². The van der Waals surface area contributed by atoms with E-state index >= 15 is 0 Å². The summed E-state index contributed by atoms with van der Waals surface area (Å²) in [4.78, 5) is 25.6. The van der Waals surface area contributed by atoms with E-state index in [1.807, 2.05) is 0 Å². The standard InChI is InChI=1S/Nd.H3O4P.Yb/c;1-5(2,3)4;/h;(H3,1,2,3,4);/q+3;;/p-3. The van der Waals surface area contributed by atoms with Crippen LogP contribution in [0.3, 0.4) is 0 Å². The van der Waals surface area contributed by atoms with Gasteiger partial charge in [0.05, 0.1) is 0 Å². The molecule has 0 saturated heterocycles. The average molecular weight is 412 g/mol. The van der Waals surface area contributed by atoms with Gasteiger partial charge in [-0.05, 0) is 0 Å². The molecule has 47 valence electrons. The van der Waals surface area contributed by atoms with Crippen LogP contribution in [0.2, 0.25) is 0 Å². The predicted molar refractivity (Wildman–Crippen MR) is 7.61 cm³/mol. The van der Waals surface area contributed by atoms with Crippen molar-refractivity contribution >= 4 is 7.82 Å². The van der Waals surface area contributed by atoms with Crippen molar-refractivity contribution < 1.29 is 107 Å². The zero-order chi connectivity index (χ0) is 4.50. The summed E-state index contributed by atoms with van der Waals surface area (Å²) in [5.41, 5.74) is 0. The van der Waals surface area contributed by atoms with E-state index in [2.05, 4.69) is 0 Å². The van der Waals surface area contributed by atoms with E-state index in [1.54, 1.807) is 0 Å². The SMILES string of the molecule is O=P([O-])([O-])[O-].[Nd+3].[Yb]. The molecule has 0 unspecified atom stereocenters. The molecule has 0 bridgehead atoms. The van der Waals surface area contributed by atoms with Crippen molar-refractivity contribution in [1.29, 1.82) is 0 Å². The van der Waals surface area contributed by atoms with Crippen LogP contribution in [0.4, 0.5) is 0 Å². The van der Waals surface area contributed by atoms with Crippen LogP contribution in [-0.4, -0.2) is 0 Å². The van der Waals surface area contributed by atoms with Crippen molar-refractivity contribution in [2.24, 2.45) is 0 Å². The van der Waals surface area contributed by atoms with Crippen LogP contribution in [-0.2, 0) is 4.57 Å². The van der Waals surface area contributed by atoms with E-state index in [0.29, 0.717) is 0 Å². The van der Waals surface area contributed by atoms with E-state index in [1.165, 1.54) is 0 Å². The minimum absolute atomic E-state index is 0. The zero-order valence-corrected chi connectivity index (χ0v) is 8.66. The number of phosphoric acid groups is 1. The number of hydrogen-bond donors (Lipinski definition) is 0. The van der Waals surface area contributed by atoms with Gasteiger partial charge in [-0.1, -0.05) is 0 Å². The second-order valence-corrected chi connectivity index (χ2v) is 1.34. The summed E-state index contributed by atoms with van der Waals surface area (Å²) in [6.45, 7) is 0. The summed E-state index contributed by atoms with van der Waals surface area (Å²) >= 11 is 0. The molecule has 0 amide bonds. The van der Waals surface area contributed by atoms with Crippen molar-refractivity contribution in [3.05, 3.63) is 0 Å². The van der Waals surface area contributed by atoms with Crippen LogP contribution >= 0.6 is 7.82 Å². The maximum Gasteiger partial charge on any atom is 3.00 e. The van der Waals surface area contributed by atoms with Gasteiger partial charge in [0.25, 0.3) is 0 Å². The van der Waals surface area contributed by atoms with Gasteiger partial charge in [-0.25, -0.2) is 0 Å². The van der Waals surface area contributed by atoms with Crippen LogP contribution in [0.15, 0.2) is 0 Å². The third kappa shape index (κ3) is 49.3. The Labute approximate surface area is 112 Å². The molecule has 7 heteroatoms. The predicted octanol–water partition coefficient (Wildman–Crippen LogP) is -2.82. The Morgan fingerprint density at radius 3 is 1.14 bits per heavy atom. The van der Waals surface area contributed by atoms with Gasteiger partial charge < -0.3 is 19.2 Å². The summed E-state index contributed by atoms with van der Waals surface area (Å²) in [5, 5.41) is 0. The minimum Gasteiger partial charge on any atom is -0.822 e.